The highest BCUT2D eigenvalue weighted by Gasteiger charge is 2.14. The molecule has 0 unspecified atom stereocenters. The van der Waals surface area contributed by atoms with Gasteiger partial charge in [0.25, 0.3) is 5.56 Å². The van der Waals surface area contributed by atoms with Crippen LogP contribution in [0.5, 0.6) is 0 Å². The fraction of sp³-hybridized carbons (Fsp3) is 0.235. The van der Waals surface area contributed by atoms with Gasteiger partial charge in [-0.3, -0.25) is 4.79 Å². The summed E-state index contributed by atoms with van der Waals surface area (Å²) in [6.45, 7) is 2.32. The molecule has 0 aliphatic carbocycles. The van der Waals surface area contributed by atoms with Crippen LogP contribution < -0.4 is 5.56 Å². The molecule has 120 valence electrons. The van der Waals surface area contributed by atoms with Crippen LogP contribution in [-0.4, -0.2) is 18.7 Å². The quantitative estimate of drug-likeness (QED) is 0.712. The van der Waals surface area contributed by atoms with Gasteiger partial charge < -0.3 is 4.57 Å². The molecule has 0 saturated carbocycles. The van der Waals surface area contributed by atoms with E-state index in [0.717, 1.165) is 10.3 Å². The summed E-state index contributed by atoms with van der Waals surface area (Å²) in [6.07, 6.45) is 2.14. The van der Waals surface area contributed by atoms with Crippen LogP contribution in [0, 0.1) is 6.92 Å². The van der Waals surface area contributed by atoms with Crippen molar-refractivity contribution in [1.82, 2.24) is 4.57 Å². The van der Waals surface area contributed by atoms with E-state index in [9.17, 15) is 13.2 Å². The van der Waals surface area contributed by atoms with E-state index in [0.29, 0.717) is 23.2 Å². The second-order valence-corrected chi connectivity index (χ2v) is 8.56. The third kappa shape index (κ3) is 3.38. The summed E-state index contributed by atoms with van der Waals surface area (Å²) in [5, 5.41) is 2.58. The summed E-state index contributed by atoms with van der Waals surface area (Å²) >= 11 is 1.53. The molecule has 3 aromatic rings. The van der Waals surface area contributed by atoms with E-state index >= 15 is 0 Å². The number of fused-ring (bicyclic) bond motifs is 1. The summed E-state index contributed by atoms with van der Waals surface area (Å²) < 4.78 is 27.1. The Morgan fingerprint density at radius 3 is 2.57 bits per heavy atom. The maximum Gasteiger partial charge on any atom is 0.259 e. The summed E-state index contributed by atoms with van der Waals surface area (Å²) in [5.41, 5.74) is 0.969. The second-order valence-electron chi connectivity index (χ2n) is 5.50. The number of thiophene rings is 1. The predicted molar refractivity (Wildman–Crippen MR) is 93.9 cm³/mol. The molecule has 6 heteroatoms. The topological polar surface area (TPSA) is 56.1 Å². The standard InChI is InChI=1S/C17H17NO3S2/c1-13-3-5-14(6-4-13)23(20,21)12-2-9-18-10-7-16-15(17(18)19)8-11-22-16/h3-8,10-11H,2,9,12H2,1H3. The Morgan fingerprint density at radius 2 is 1.83 bits per heavy atom. The van der Waals surface area contributed by atoms with Gasteiger partial charge >= 0.3 is 0 Å². The van der Waals surface area contributed by atoms with E-state index in [1.165, 1.54) is 11.3 Å². The van der Waals surface area contributed by atoms with Gasteiger partial charge in [-0.2, -0.15) is 0 Å². The van der Waals surface area contributed by atoms with Crippen LogP contribution in [0.15, 0.2) is 57.7 Å². The minimum Gasteiger partial charge on any atom is -0.315 e. The molecule has 3 rings (SSSR count). The molecule has 0 fully saturated rings. The van der Waals surface area contributed by atoms with E-state index < -0.39 is 9.84 Å². The number of sulfone groups is 1. The van der Waals surface area contributed by atoms with Crippen LogP contribution in [0.3, 0.4) is 0 Å². The van der Waals surface area contributed by atoms with Crippen molar-refractivity contribution in [2.24, 2.45) is 0 Å². The lowest BCUT2D eigenvalue weighted by atomic mass is 10.2. The van der Waals surface area contributed by atoms with Gasteiger partial charge in [0, 0.05) is 17.4 Å². The van der Waals surface area contributed by atoms with Crippen LogP contribution in [0.1, 0.15) is 12.0 Å². The molecule has 2 heterocycles. The first-order valence-corrected chi connectivity index (χ1v) is 9.87. The van der Waals surface area contributed by atoms with E-state index in [-0.39, 0.29) is 11.3 Å². The average Bonchev–Trinajstić information content (AvgIpc) is 2.99. The molecular weight excluding hydrogens is 330 g/mol. The van der Waals surface area contributed by atoms with Gasteiger partial charge in [-0.05, 0) is 43.0 Å². The average molecular weight is 347 g/mol. The molecule has 0 spiro atoms. The number of nitrogens with zero attached hydrogens (tertiary/aromatic N) is 1. The lowest BCUT2D eigenvalue weighted by Gasteiger charge is -2.07. The maximum atomic E-state index is 12.3. The van der Waals surface area contributed by atoms with Crippen molar-refractivity contribution < 1.29 is 8.42 Å². The Kier molecular flexibility index (Phi) is 4.37. The Hall–Kier alpha value is -1.92. The molecule has 0 aliphatic rings. The van der Waals surface area contributed by atoms with Gasteiger partial charge in [-0.1, -0.05) is 17.7 Å². The number of aryl methyl sites for hydroxylation is 2. The first-order chi connectivity index (χ1) is 11.0. The first kappa shape index (κ1) is 16.0. The van der Waals surface area contributed by atoms with Crippen molar-refractivity contribution in [3.05, 3.63) is 63.9 Å². The van der Waals surface area contributed by atoms with Crippen molar-refractivity contribution >= 4 is 31.3 Å². The van der Waals surface area contributed by atoms with Gasteiger partial charge in [0.05, 0.1) is 16.0 Å². The Labute approximate surface area is 138 Å². The third-order valence-corrected chi connectivity index (χ3v) is 6.48. The lowest BCUT2D eigenvalue weighted by molar-refractivity contribution is 0.584. The number of aromatic nitrogens is 1. The van der Waals surface area contributed by atoms with E-state index in [1.54, 1.807) is 35.0 Å². The molecule has 0 N–H and O–H groups in total. The highest BCUT2D eigenvalue weighted by molar-refractivity contribution is 7.91. The fourth-order valence-corrected chi connectivity index (χ4v) is 4.54. The van der Waals surface area contributed by atoms with Gasteiger partial charge in [0.15, 0.2) is 9.84 Å². The van der Waals surface area contributed by atoms with Crippen LogP contribution in [0.4, 0.5) is 0 Å². The van der Waals surface area contributed by atoms with Gasteiger partial charge in [-0.15, -0.1) is 11.3 Å². The van der Waals surface area contributed by atoms with Crippen molar-refractivity contribution in [3.8, 4) is 0 Å². The molecular formula is C17H17NO3S2. The number of hydrogen-bond acceptors (Lipinski definition) is 4. The molecule has 0 amide bonds. The summed E-state index contributed by atoms with van der Waals surface area (Å²) in [5.74, 6) is 0.0319. The molecule has 2 aromatic heterocycles. The third-order valence-electron chi connectivity index (χ3n) is 3.78. The maximum absolute atomic E-state index is 12.3. The highest BCUT2D eigenvalue weighted by atomic mass is 32.2. The lowest BCUT2D eigenvalue weighted by Crippen LogP contribution is -2.20. The molecule has 0 radical (unpaired) electrons. The van der Waals surface area contributed by atoms with Crippen LogP contribution in [-0.2, 0) is 16.4 Å². The van der Waals surface area contributed by atoms with E-state index in [2.05, 4.69) is 0 Å². The number of rotatable bonds is 5. The summed E-state index contributed by atoms with van der Waals surface area (Å²) in [4.78, 5) is 12.6. The monoisotopic (exact) mass is 347 g/mol. The van der Waals surface area contributed by atoms with Gasteiger partial charge in [0.1, 0.15) is 0 Å². The van der Waals surface area contributed by atoms with E-state index in [4.69, 9.17) is 0 Å². The van der Waals surface area contributed by atoms with Crippen molar-refractivity contribution in [2.75, 3.05) is 5.75 Å². The zero-order valence-electron chi connectivity index (χ0n) is 12.7. The Morgan fingerprint density at radius 1 is 1.09 bits per heavy atom. The van der Waals surface area contributed by atoms with Gasteiger partial charge in [-0.25, -0.2) is 8.42 Å². The van der Waals surface area contributed by atoms with Crippen LogP contribution in [0.25, 0.3) is 10.1 Å². The largest absolute Gasteiger partial charge is 0.315 e. The minimum atomic E-state index is -3.31. The fourth-order valence-electron chi connectivity index (χ4n) is 2.47. The van der Waals surface area contributed by atoms with Crippen molar-refractivity contribution in [2.45, 2.75) is 24.8 Å². The zero-order valence-corrected chi connectivity index (χ0v) is 14.4. The Balaban J connectivity index is 1.71. The number of pyridine rings is 1. The van der Waals surface area contributed by atoms with Crippen LogP contribution in [0.2, 0.25) is 0 Å². The molecule has 1 aromatic carbocycles. The second kappa shape index (κ2) is 6.29. The molecule has 23 heavy (non-hydrogen) atoms. The molecule has 0 saturated heterocycles. The zero-order chi connectivity index (χ0) is 16.4. The SMILES string of the molecule is Cc1ccc(S(=O)(=O)CCCn2ccc3sccc3c2=O)cc1. The number of benzene rings is 1. The molecule has 0 bridgehead atoms. The minimum absolute atomic E-state index is 0.0319. The normalized spacial score (nSPS) is 11.9. The van der Waals surface area contributed by atoms with Gasteiger partial charge in [0.2, 0.25) is 0 Å². The smallest absolute Gasteiger partial charge is 0.259 e. The summed E-state index contributed by atoms with van der Waals surface area (Å²) in [7, 11) is -3.31. The Bertz CT molecular complexity index is 983. The molecule has 0 atom stereocenters. The first-order valence-electron chi connectivity index (χ1n) is 7.33. The van der Waals surface area contributed by atoms with Crippen LogP contribution >= 0.6 is 11.3 Å². The van der Waals surface area contributed by atoms with Crippen molar-refractivity contribution in [1.29, 1.82) is 0 Å². The molecule has 0 aliphatic heterocycles. The number of hydrogen-bond donors (Lipinski definition) is 0. The van der Waals surface area contributed by atoms with E-state index in [1.807, 2.05) is 24.4 Å². The molecule has 4 nitrogen and oxygen atoms in total. The van der Waals surface area contributed by atoms with Crippen molar-refractivity contribution in [3.63, 3.8) is 0 Å². The predicted octanol–water partition coefficient (Wildman–Crippen LogP) is 3.24. The summed E-state index contributed by atoms with van der Waals surface area (Å²) in [6, 6.07) is 10.6. The highest BCUT2D eigenvalue weighted by Crippen LogP contribution is 2.17.